The Morgan fingerprint density at radius 2 is 0.852 bits per heavy atom. The highest BCUT2D eigenvalue weighted by Crippen LogP contribution is 2.12. The van der Waals surface area contributed by atoms with Crippen LogP contribution in [0.3, 0.4) is 0 Å². The van der Waals surface area contributed by atoms with Crippen LogP contribution in [0.5, 0.6) is 0 Å². The van der Waals surface area contributed by atoms with E-state index in [1.165, 1.54) is 89.9 Å². The molecule has 0 aromatic carbocycles. The zero-order chi connectivity index (χ0) is 39.3. The van der Waals surface area contributed by atoms with Crippen molar-refractivity contribution in [3.63, 3.8) is 0 Å². The Morgan fingerprint density at radius 1 is 0.426 bits per heavy atom. The van der Waals surface area contributed by atoms with Crippen LogP contribution < -0.4 is 0 Å². The fourth-order valence-electron chi connectivity index (χ4n) is 6.09. The molecule has 0 saturated carbocycles. The highest BCUT2D eigenvalue weighted by molar-refractivity contribution is 5.70. The zero-order valence-corrected chi connectivity index (χ0v) is 35.7. The largest absolute Gasteiger partial charge is 0.462 e. The Morgan fingerprint density at radius 3 is 1.41 bits per heavy atom. The number of hydrogen-bond acceptors (Lipinski definition) is 5. The van der Waals surface area contributed by atoms with Crippen molar-refractivity contribution in [3.05, 3.63) is 60.8 Å². The molecular weight excluding hydrogens is 669 g/mol. The summed E-state index contributed by atoms with van der Waals surface area (Å²) in [5.41, 5.74) is 0. The second-order valence-corrected chi connectivity index (χ2v) is 14.9. The SMILES string of the molecule is CC/C=C\C/C=C\C/C=C\CCCCCCOCC(COC(=O)CCCCCCC/C=C\CCCCCC)OC(=O)CCCCCCC/C=C\CCCC. The number of allylic oxidation sites excluding steroid dienone is 10. The maximum absolute atomic E-state index is 12.7. The van der Waals surface area contributed by atoms with Crippen LogP contribution in [0.4, 0.5) is 0 Å². The number of ether oxygens (including phenoxy) is 3. The second kappa shape index (κ2) is 45.0. The van der Waals surface area contributed by atoms with E-state index in [9.17, 15) is 9.59 Å². The van der Waals surface area contributed by atoms with Gasteiger partial charge in [-0.2, -0.15) is 0 Å². The number of carbonyl (C=O) groups excluding carboxylic acids is 2. The van der Waals surface area contributed by atoms with Gasteiger partial charge in [0, 0.05) is 19.4 Å². The smallest absolute Gasteiger partial charge is 0.306 e. The zero-order valence-electron chi connectivity index (χ0n) is 35.7. The van der Waals surface area contributed by atoms with Gasteiger partial charge in [-0.1, -0.05) is 165 Å². The van der Waals surface area contributed by atoms with E-state index >= 15 is 0 Å². The molecule has 0 fully saturated rings. The summed E-state index contributed by atoms with van der Waals surface area (Å²) in [5, 5.41) is 0. The number of esters is 2. The molecule has 0 heterocycles. The van der Waals surface area contributed by atoms with Gasteiger partial charge in [0.2, 0.25) is 0 Å². The van der Waals surface area contributed by atoms with Gasteiger partial charge in [-0.3, -0.25) is 9.59 Å². The van der Waals surface area contributed by atoms with E-state index in [1.54, 1.807) is 0 Å². The summed E-state index contributed by atoms with van der Waals surface area (Å²) in [6.45, 7) is 7.60. The van der Waals surface area contributed by atoms with Gasteiger partial charge in [0.15, 0.2) is 6.10 Å². The lowest BCUT2D eigenvalue weighted by molar-refractivity contribution is -0.163. The summed E-state index contributed by atoms with van der Waals surface area (Å²) in [6, 6.07) is 0. The van der Waals surface area contributed by atoms with Crippen molar-refractivity contribution in [2.75, 3.05) is 19.8 Å². The summed E-state index contributed by atoms with van der Waals surface area (Å²) in [5.74, 6) is -0.432. The first-order valence-corrected chi connectivity index (χ1v) is 22.8. The lowest BCUT2D eigenvalue weighted by Gasteiger charge is -2.18. The molecular formula is C49H86O5. The summed E-state index contributed by atoms with van der Waals surface area (Å²) in [4.78, 5) is 25.2. The van der Waals surface area contributed by atoms with Gasteiger partial charge in [-0.05, 0) is 96.3 Å². The van der Waals surface area contributed by atoms with Crippen LogP contribution in [0.25, 0.3) is 0 Å². The number of carbonyl (C=O) groups is 2. The number of rotatable bonds is 41. The molecule has 0 aliphatic carbocycles. The van der Waals surface area contributed by atoms with E-state index in [0.717, 1.165) is 89.9 Å². The van der Waals surface area contributed by atoms with Crippen molar-refractivity contribution in [1.82, 2.24) is 0 Å². The molecule has 5 nitrogen and oxygen atoms in total. The van der Waals surface area contributed by atoms with Crippen LogP contribution in [0.1, 0.15) is 213 Å². The quantitative estimate of drug-likeness (QED) is 0.0353. The third-order valence-corrected chi connectivity index (χ3v) is 9.51. The number of unbranched alkanes of at least 4 members (excludes halogenated alkanes) is 20. The first-order valence-electron chi connectivity index (χ1n) is 22.8. The minimum Gasteiger partial charge on any atom is -0.462 e. The molecule has 54 heavy (non-hydrogen) atoms. The average molecular weight is 755 g/mol. The molecule has 1 atom stereocenters. The Hall–Kier alpha value is -2.40. The van der Waals surface area contributed by atoms with Crippen LogP contribution >= 0.6 is 0 Å². The standard InChI is InChI=1S/C49H86O5/c1-4-7-10-13-16-19-22-24-26-29-32-35-38-41-44-52-45-47(54-49(51)43-40-37-34-31-27-21-18-15-12-9-6-3)46-53-48(50)42-39-36-33-30-28-25-23-20-17-14-11-8-5-2/h7,10,15-16,18-20,23-24,26,47H,4-6,8-9,11-14,17,21-22,25,27-46H2,1-3H3/b10-7-,18-15-,19-16-,23-20-,26-24-. The van der Waals surface area contributed by atoms with Gasteiger partial charge < -0.3 is 14.2 Å². The molecule has 0 rings (SSSR count). The molecule has 0 amide bonds. The molecule has 0 spiro atoms. The molecule has 0 aromatic rings. The fraction of sp³-hybridized carbons (Fsp3) is 0.755. The lowest BCUT2D eigenvalue weighted by Crippen LogP contribution is -2.30. The maximum Gasteiger partial charge on any atom is 0.306 e. The summed E-state index contributed by atoms with van der Waals surface area (Å²) < 4.78 is 17.3. The van der Waals surface area contributed by atoms with Crippen molar-refractivity contribution in [1.29, 1.82) is 0 Å². The first-order chi connectivity index (χ1) is 26.6. The normalized spacial score (nSPS) is 12.7. The van der Waals surface area contributed by atoms with E-state index in [4.69, 9.17) is 14.2 Å². The monoisotopic (exact) mass is 755 g/mol. The van der Waals surface area contributed by atoms with Gasteiger partial charge in [-0.25, -0.2) is 0 Å². The van der Waals surface area contributed by atoms with Crippen molar-refractivity contribution in [3.8, 4) is 0 Å². The van der Waals surface area contributed by atoms with Gasteiger partial charge >= 0.3 is 11.9 Å². The average Bonchev–Trinajstić information content (AvgIpc) is 3.17. The van der Waals surface area contributed by atoms with Gasteiger partial charge in [0.25, 0.3) is 0 Å². The first kappa shape index (κ1) is 51.6. The molecule has 0 saturated heterocycles. The van der Waals surface area contributed by atoms with E-state index < -0.39 is 6.10 Å². The Bertz CT molecular complexity index is 946. The van der Waals surface area contributed by atoms with Crippen LogP contribution in [0, 0.1) is 0 Å². The molecule has 0 radical (unpaired) electrons. The predicted octanol–water partition coefficient (Wildman–Crippen LogP) is 15.0. The highest BCUT2D eigenvalue weighted by atomic mass is 16.6. The predicted molar refractivity (Wildman–Crippen MR) is 233 cm³/mol. The minimum absolute atomic E-state index is 0.0675. The van der Waals surface area contributed by atoms with Crippen molar-refractivity contribution < 1.29 is 23.8 Å². The van der Waals surface area contributed by atoms with Crippen LogP contribution in [-0.4, -0.2) is 37.9 Å². The summed E-state index contributed by atoms with van der Waals surface area (Å²) in [6.07, 6.45) is 55.0. The van der Waals surface area contributed by atoms with E-state index in [1.807, 2.05) is 0 Å². The van der Waals surface area contributed by atoms with Gasteiger partial charge in [0.05, 0.1) is 6.61 Å². The Labute approximate surface area is 334 Å². The van der Waals surface area contributed by atoms with Gasteiger partial charge in [0.1, 0.15) is 6.61 Å². The molecule has 312 valence electrons. The maximum atomic E-state index is 12.7. The number of hydrogen-bond donors (Lipinski definition) is 0. The second-order valence-electron chi connectivity index (χ2n) is 14.9. The third-order valence-electron chi connectivity index (χ3n) is 9.51. The summed E-state index contributed by atoms with van der Waals surface area (Å²) >= 11 is 0. The van der Waals surface area contributed by atoms with Crippen molar-refractivity contribution in [2.24, 2.45) is 0 Å². The highest BCUT2D eigenvalue weighted by Gasteiger charge is 2.17. The minimum atomic E-state index is -0.553. The Kier molecular flexibility index (Phi) is 43.0. The molecule has 1 unspecified atom stereocenters. The van der Waals surface area contributed by atoms with Crippen molar-refractivity contribution in [2.45, 2.75) is 219 Å². The third kappa shape index (κ3) is 42.3. The molecule has 5 heteroatoms. The van der Waals surface area contributed by atoms with E-state index in [2.05, 4.69) is 81.5 Å². The summed E-state index contributed by atoms with van der Waals surface area (Å²) in [7, 11) is 0. The molecule has 0 aliphatic heterocycles. The van der Waals surface area contributed by atoms with E-state index in [0.29, 0.717) is 19.4 Å². The van der Waals surface area contributed by atoms with Crippen LogP contribution in [0.15, 0.2) is 60.8 Å². The van der Waals surface area contributed by atoms with Crippen LogP contribution in [-0.2, 0) is 23.8 Å². The molecule has 0 aliphatic rings. The van der Waals surface area contributed by atoms with E-state index in [-0.39, 0.29) is 25.2 Å². The molecule has 0 N–H and O–H groups in total. The van der Waals surface area contributed by atoms with Crippen LogP contribution in [0.2, 0.25) is 0 Å². The lowest BCUT2D eigenvalue weighted by atomic mass is 10.1. The molecule has 0 bridgehead atoms. The van der Waals surface area contributed by atoms with Gasteiger partial charge in [-0.15, -0.1) is 0 Å². The molecule has 0 aromatic heterocycles. The fourth-order valence-corrected chi connectivity index (χ4v) is 6.09. The Balaban J connectivity index is 4.31. The van der Waals surface area contributed by atoms with Crippen molar-refractivity contribution >= 4 is 11.9 Å². The topological polar surface area (TPSA) is 61.8 Å².